The van der Waals surface area contributed by atoms with E-state index in [1.807, 2.05) is 12.1 Å². The summed E-state index contributed by atoms with van der Waals surface area (Å²) < 4.78 is 0. The average Bonchev–Trinajstić information content (AvgIpc) is 2.05. The molecule has 0 radical (unpaired) electrons. The highest BCUT2D eigenvalue weighted by atomic mass is 14.7. The number of nitrogens with one attached hydrogen (secondary N) is 1. The summed E-state index contributed by atoms with van der Waals surface area (Å²) >= 11 is 0. The van der Waals surface area contributed by atoms with Crippen molar-refractivity contribution in [2.24, 2.45) is 0 Å². The standard InChI is InChI=1S/C8H8N2/c1-2-7-4-3-5-8(6-9)10-7/h2-6,9H,1H2. The van der Waals surface area contributed by atoms with Crippen molar-refractivity contribution in [3.63, 3.8) is 0 Å². The molecule has 0 spiro atoms. The van der Waals surface area contributed by atoms with Gasteiger partial charge >= 0.3 is 0 Å². The average molecular weight is 132 g/mol. The Morgan fingerprint density at radius 1 is 1.40 bits per heavy atom. The van der Waals surface area contributed by atoms with Crippen LogP contribution in [0.4, 0.5) is 0 Å². The summed E-state index contributed by atoms with van der Waals surface area (Å²) in [6.45, 7) is 3.57. The first-order valence-electron chi connectivity index (χ1n) is 2.97. The van der Waals surface area contributed by atoms with Crippen molar-refractivity contribution in [2.45, 2.75) is 0 Å². The number of nitrogens with zero attached hydrogens (tertiary/aromatic N) is 1. The van der Waals surface area contributed by atoms with E-state index in [2.05, 4.69) is 11.6 Å². The van der Waals surface area contributed by atoms with E-state index >= 15 is 0 Å². The van der Waals surface area contributed by atoms with E-state index in [1.54, 1.807) is 12.1 Å². The summed E-state index contributed by atoms with van der Waals surface area (Å²) in [5.74, 6) is 0. The monoisotopic (exact) mass is 132 g/mol. The Labute approximate surface area is 59.7 Å². The maximum atomic E-state index is 6.89. The first-order valence-corrected chi connectivity index (χ1v) is 2.97. The van der Waals surface area contributed by atoms with E-state index in [0.29, 0.717) is 5.69 Å². The van der Waals surface area contributed by atoms with Gasteiger partial charge in [-0.25, -0.2) is 4.98 Å². The van der Waals surface area contributed by atoms with E-state index < -0.39 is 0 Å². The predicted octanol–water partition coefficient (Wildman–Crippen LogP) is 1.72. The molecule has 2 nitrogen and oxygen atoms in total. The van der Waals surface area contributed by atoms with Gasteiger partial charge in [-0.1, -0.05) is 12.6 Å². The molecule has 0 saturated carbocycles. The van der Waals surface area contributed by atoms with Crippen molar-refractivity contribution in [1.29, 1.82) is 5.41 Å². The zero-order valence-corrected chi connectivity index (χ0v) is 5.54. The molecule has 0 aliphatic carbocycles. The molecule has 0 amide bonds. The molecule has 2 heteroatoms. The molecule has 10 heavy (non-hydrogen) atoms. The van der Waals surface area contributed by atoms with Crippen molar-refractivity contribution < 1.29 is 0 Å². The fraction of sp³-hybridized carbons (Fsp3) is 0. The Kier molecular flexibility index (Phi) is 1.95. The van der Waals surface area contributed by atoms with E-state index in [0.717, 1.165) is 5.69 Å². The first-order chi connectivity index (χ1) is 4.86. The zero-order chi connectivity index (χ0) is 7.40. The minimum Gasteiger partial charge on any atom is -0.307 e. The van der Waals surface area contributed by atoms with Gasteiger partial charge < -0.3 is 5.41 Å². The molecular formula is C8H8N2. The predicted molar refractivity (Wildman–Crippen MR) is 42.2 cm³/mol. The van der Waals surface area contributed by atoms with Gasteiger partial charge in [0.05, 0.1) is 11.4 Å². The van der Waals surface area contributed by atoms with Gasteiger partial charge in [0, 0.05) is 6.21 Å². The van der Waals surface area contributed by atoms with Crippen LogP contribution in [-0.4, -0.2) is 11.2 Å². The highest BCUT2D eigenvalue weighted by molar-refractivity contribution is 5.74. The summed E-state index contributed by atoms with van der Waals surface area (Å²) in [6, 6.07) is 5.48. The van der Waals surface area contributed by atoms with Gasteiger partial charge in [-0.2, -0.15) is 0 Å². The van der Waals surface area contributed by atoms with Crippen LogP contribution in [-0.2, 0) is 0 Å². The van der Waals surface area contributed by atoms with Crippen molar-refractivity contribution in [2.75, 3.05) is 0 Å². The third-order valence-corrected chi connectivity index (χ3v) is 1.15. The molecule has 0 unspecified atom stereocenters. The van der Waals surface area contributed by atoms with Crippen LogP contribution < -0.4 is 0 Å². The van der Waals surface area contributed by atoms with Gasteiger partial charge in [-0.15, -0.1) is 0 Å². The van der Waals surface area contributed by atoms with Crippen LogP contribution in [0.2, 0.25) is 0 Å². The highest BCUT2D eigenvalue weighted by Gasteiger charge is 1.87. The Morgan fingerprint density at radius 2 is 2.10 bits per heavy atom. The van der Waals surface area contributed by atoms with Crippen LogP contribution in [0.5, 0.6) is 0 Å². The Bertz CT molecular complexity index is 230. The van der Waals surface area contributed by atoms with Crippen molar-refractivity contribution >= 4 is 12.3 Å². The molecule has 0 aliphatic heterocycles. The molecule has 50 valence electrons. The molecule has 0 atom stereocenters. The molecule has 0 fully saturated rings. The lowest BCUT2D eigenvalue weighted by Crippen LogP contribution is -1.87. The van der Waals surface area contributed by atoms with Gasteiger partial charge in [0.1, 0.15) is 0 Å². The molecule has 1 N–H and O–H groups in total. The minimum atomic E-state index is 0.664. The van der Waals surface area contributed by atoms with E-state index in [1.165, 1.54) is 6.21 Å². The van der Waals surface area contributed by atoms with Gasteiger partial charge in [0.15, 0.2) is 0 Å². The number of rotatable bonds is 2. The first kappa shape index (κ1) is 6.68. The quantitative estimate of drug-likeness (QED) is 0.611. The van der Waals surface area contributed by atoms with E-state index in [9.17, 15) is 0 Å². The summed E-state index contributed by atoms with van der Waals surface area (Å²) in [7, 11) is 0. The van der Waals surface area contributed by atoms with Crippen LogP contribution >= 0.6 is 0 Å². The Hall–Kier alpha value is -1.44. The SMILES string of the molecule is C=Cc1cccc(C=N)n1. The van der Waals surface area contributed by atoms with Gasteiger partial charge in [0.25, 0.3) is 0 Å². The summed E-state index contributed by atoms with van der Waals surface area (Å²) in [5, 5.41) is 6.89. The fourth-order valence-corrected chi connectivity index (χ4v) is 0.663. The molecule has 0 aliphatic rings. The maximum absolute atomic E-state index is 6.89. The van der Waals surface area contributed by atoms with Gasteiger partial charge in [-0.05, 0) is 18.2 Å². The van der Waals surface area contributed by atoms with E-state index in [4.69, 9.17) is 5.41 Å². The zero-order valence-electron chi connectivity index (χ0n) is 5.54. The topological polar surface area (TPSA) is 36.7 Å². The van der Waals surface area contributed by atoms with Crippen molar-refractivity contribution in [3.8, 4) is 0 Å². The van der Waals surface area contributed by atoms with Crippen LogP contribution in [0.1, 0.15) is 11.4 Å². The minimum absolute atomic E-state index is 0.664. The van der Waals surface area contributed by atoms with Crippen molar-refractivity contribution in [1.82, 2.24) is 4.98 Å². The smallest absolute Gasteiger partial charge is 0.0812 e. The molecule has 1 heterocycles. The lowest BCUT2D eigenvalue weighted by molar-refractivity contribution is 1.27. The van der Waals surface area contributed by atoms with Gasteiger partial charge in [0.2, 0.25) is 0 Å². The van der Waals surface area contributed by atoms with Crippen LogP contribution in [0, 0.1) is 5.41 Å². The molecule has 0 bridgehead atoms. The maximum Gasteiger partial charge on any atom is 0.0812 e. The normalized spacial score (nSPS) is 8.80. The lowest BCUT2D eigenvalue weighted by atomic mass is 10.3. The summed E-state index contributed by atoms with van der Waals surface area (Å²) in [4.78, 5) is 4.05. The molecule has 1 rings (SSSR count). The Balaban J connectivity index is 3.09. The van der Waals surface area contributed by atoms with E-state index in [-0.39, 0.29) is 0 Å². The number of hydrogen-bond acceptors (Lipinski definition) is 2. The second-order valence-electron chi connectivity index (χ2n) is 1.84. The third-order valence-electron chi connectivity index (χ3n) is 1.15. The van der Waals surface area contributed by atoms with Crippen molar-refractivity contribution in [3.05, 3.63) is 36.2 Å². The summed E-state index contributed by atoms with van der Waals surface area (Å²) in [6.07, 6.45) is 2.88. The molecule has 0 saturated heterocycles. The third kappa shape index (κ3) is 1.29. The molecule has 1 aromatic rings. The lowest BCUT2D eigenvalue weighted by Gasteiger charge is -1.92. The summed E-state index contributed by atoms with van der Waals surface area (Å²) in [5.41, 5.74) is 1.47. The van der Waals surface area contributed by atoms with Gasteiger partial charge in [-0.3, -0.25) is 0 Å². The highest BCUT2D eigenvalue weighted by Crippen LogP contribution is 1.97. The second-order valence-corrected chi connectivity index (χ2v) is 1.84. The molecular weight excluding hydrogens is 124 g/mol. The molecule has 1 aromatic heterocycles. The van der Waals surface area contributed by atoms with Crippen LogP contribution in [0.15, 0.2) is 24.8 Å². The second kappa shape index (κ2) is 2.92. The number of pyridine rings is 1. The fourth-order valence-electron chi connectivity index (χ4n) is 0.663. The Morgan fingerprint density at radius 3 is 2.70 bits per heavy atom. The van der Waals surface area contributed by atoms with Crippen LogP contribution in [0.3, 0.4) is 0 Å². The number of aromatic nitrogens is 1. The number of hydrogen-bond donors (Lipinski definition) is 1. The molecule has 0 aromatic carbocycles. The largest absolute Gasteiger partial charge is 0.307 e. The van der Waals surface area contributed by atoms with Crippen LogP contribution in [0.25, 0.3) is 6.08 Å².